The second-order valence-corrected chi connectivity index (χ2v) is 8.79. The Morgan fingerprint density at radius 3 is 1.08 bits per heavy atom. The van der Waals surface area contributed by atoms with Crippen LogP contribution in [0.5, 0.6) is 0 Å². The van der Waals surface area contributed by atoms with Crippen molar-refractivity contribution in [3.05, 3.63) is 0 Å². The summed E-state index contributed by atoms with van der Waals surface area (Å²) in [5.74, 6) is -2.32. The van der Waals surface area contributed by atoms with Crippen LogP contribution in [-0.2, 0) is 9.59 Å². The van der Waals surface area contributed by atoms with E-state index in [2.05, 4.69) is 0 Å². The van der Waals surface area contributed by atoms with Crippen molar-refractivity contribution in [3.8, 4) is 0 Å². The molecule has 0 unspecified atom stereocenters. The first-order valence-corrected chi connectivity index (χ1v) is 9.73. The molecule has 0 aromatic rings. The maximum Gasteiger partial charge on any atom is 0.333 e. The molecule has 0 aliphatic heterocycles. The molecule has 4 N–H and O–H groups in total. The zero-order valence-electron chi connectivity index (χ0n) is 16.8. The number of hydrogen-bond donors (Lipinski definition) is 4. The number of unbranched alkanes of at least 4 members (excludes halogenated alkanes) is 7. The van der Waals surface area contributed by atoms with Crippen LogP contribution in [0.4, 0.5) is 0 Å². The maximum atomic E-state index is 10.8. The molecular formula is C20H38O6. The number of carboxylic acids is 2. The van der Waals surface area contributed by atoms with Crippen LogP contribution < -0.4 is 0 Å². The average molecular weight is 375 g/mol. The lowest BCUT2D eigenvalue weighted by Crippen LogP contribution is -2.36. The van der Waals surface area contributed by atoms with Crippen molar-refractivity contribution >= 4 is 11.9 Å². The number of aliphatic carboxylic acids is 2. The van der Waals surface area contributed by atoms with Gasteiger partial charge in [0.15, 0.2) is 12.2 Å². The highest BCUT2D eigenvalue weighted by atomic mass is 16.4. The van der Waals surface area contributed by atoms with Crippen LogP contribution in [0.2, 0.25) is 0 Å². The molecule has 0 aliphatic rings. The molecular weight excluding hydrogens is 336 g/mol. The van der Waals surface area contributed by atoms with Gasteiger partial charge >= 0.3 is 11.9 Å². The van der Waals surface area contributed by atoms with Crippen LogP contribution in [0.3, 0.4) is 0 Å². The molecule has 0 radical (unpaired) electrons. The van der Waals surface area contributed by atoms with E-state index in [1.54, 1.807) is 27.7 Å². The van der Waals surface area contributed by atoms with Gasteiger partial charge in [-0.05, 0) is 12.8 Å². The third-order valence-electron chi connectivity index (χ3n) is 5.34. The molecule has 0 saturated carbocycles. The minimum atomic E-state index is -1.31. The van der Waals surface area contributed by atoms with Gasteiger partial charge in [-0.1, -0.05) is 79.1 Å². The number of rotatable bonds is 15. The quantitative estimate of drug-likeness (QED) is 0.324. The Hall–Kier alpha value is -1.14. The first kappa shape index (κ1) is 24.9. The highest BCUT2D eigenvalue weighted by Crippen LogP contribution is 2.29. The topological polar surface area (TPSA) is 115 Å². The molecule has 0 aromatic carbocycles. The Morgan fingerprint density at radius 1 is 0.615 bits per heavy atom. The van der Waals surface area contributed by atoms with Crippen molar-refractivity contribution in [2.75, 3.05) is 0 Å². The Morgan fingerprint density at radius 2 is 0.846 bits per heavy atom. The average Bonchev–Trinajstić information content (AvgIpc) is 2.54. The number of aliphatic hydroxyl groups excluding tert-OH is 2. The predicted molar refractivity (Wildman–Crippen MR) is 101 cm³/mol. The van der Waals surface area contributed by atoms with Gasteiger partial charge in [0.25, 0.3) is 0 Å². The number of carbonyl (C=O) groups is 2. The molecule has 0 saturated heterocycles. The zero-order chi connectivity index (χ0) is 20.4. The van der Waals surface area contributed by atoms with E-state index >= 15 is 0 Å². The van der Waals surface area contributed by atoms with Crippen molar-refractivity contribution in [1.82, 2.24) is 0 Å². The largest absolute Gasteiger partial charge is 0.479 e. The Kier molecular flexibility index (Phi) is 11.0. The van der Waals surface area contributed by atoms with Gasteiger partial charge in [0.2, 0.25) is 0 Å². The van der Waals surface area contributed by atoms with E-state index < -0.39 is 35.0 Å². The van der Waals surface area contributed by atoms with Gasteiger partial charge < -0.3 is 20.4 Å². The number of hydrogen-bond acceptors (Lipinski definition) is 4. The smallest absolute Gasteiger partial charge is 0.333 e. The van der Waals surface area contributed by atoms with Gasteiger partial charge in [-0.15, -0.1) is 0 Å². The fourth-order valence-electron chi connectivity index (χ4n) is 3.16. The molecule has 26 heavy (non-hydrogen) atoms. The summed E-state index contributed by atoms with van der Waals surface area (Å²) < 4.78 is 0. The van der Waals surface area contributed by atoms with E-state index in [9.17, 15) is 19.8 Å². The van der Waals surface area contributed by atoms with E-state index in [0.717, 1.165) is 51.4 Å². The first-order valence-electron chi connectivity index (χ1n) is 9.73. The van der Waals surface area contributed by atoms with Gasteiger partial charge in [-0.3, -0.25) is 0 Å². The van der Waals surface area contributed by atoms with Crippen LogP contribution in [0.25, 0.3) is 0 Å². The van der Waals surface area contributed by atoms with Crippen molar-refractivity contribution in [2.45, 2.75) is 104 Å². The molecule has 6 heteroatoms. The number of aliphatic hydroxyl groups is 2. The van der Waals surface area contributed by atoms with Gasteiger partial charge in [0.1, 0.15) is 0 Å². The lowest BCUT2D eigenvalue weighted by Gasteiger charge is -2.27. The van der Waals surface area contributed by atoms with Crippen molar-refractivity contribution in [2.24, 2.45) is 10.8 Å². The molecule has 0 heterocycles. The van der Waals surface area contributed by atoms with Crippen LogP contribution in [0.15, 0.2) is 0 Å². The monoisotopic (exact) mass is 374 g/mol. The van der Waals surface area contributed by atoms with E-state index in [1.807, 2.05) is 0 Å². The summed E-state index contributed by atoms with van der Waals surface area (Å²) in [7, 11) is 0. The molecule has 154 valence electrons. The molecule has 0 fully saturated rings. The SMILES string of the molecule is CC(C)(CCCCCCCCCCC(C)(C)[C@H](O)C(=O)O)[C@H](O)C(=O)O. The third-order valence-corrected chi connectivity index (χ3v) is 5.34. The van der Waals surface area contributed by atoms with Crippen LogP contribution in [-0.4, -0.2) is 44.6 Å². The standard InChI is InChI=1S/C20H38O6/c1-19(2,15(21)17(23)24)13-11-9-7-5-6-8-10-12-14-20(3,4)16(22)18(25)26/h15-16,21-22H,5-14H2,1-4H3,(H,23,24)(H,25,26)/t15-,16-/m1/s1. The molecule has 0 spiro atoms. The number of carboxylic acid groups (broad SMARTS) is 2. The summed E-state index contributed by atoms with van der Waals surface area (Å²) in [5.41, 5.74) is -1.20. The van der Waals surface area contributed by atoms with Crippen molar-refractivity contribution < 1.29 is 30.0 Å². The van der Waals surface area contributed by atoms with Crippen LogP contribution in [0.1, 0.15) is 91.9 Å². The Bertz CT molecular complexity index is 390. The highest BCUT2D eigenvalue weighted by molar-refractivity contribution is 5.73. The fourth-order valence-corrected chi connectivity index (χ4v) is 3.16. The van der Waals surface area contributed by atoms with E-state index in [1.165, 1.54) is 0 Å². The minimum Gasteiger partial charge on any atom is -0.479 e. The minimum absolute atomic E-state index is 0.598. The Labute approximate surface area is 157 Å². The normalized spacial score (nSPS) is 14.8. The van der Waals surface area contributed by atoms with Gasteiger partial charge in [-0.2, -0.15) is 0 Å². The lowest BCUT2D eigenvalue weighted by atomic mass is 9.81. The summed E-state index contributed by atoms with van der Waals surface area (Å²) in [6.45, 7) is 7.15. The summed E-state index contributed by atoms with van der Waals surface area (Å²) in [6.07, 6.45) is 7.12. The highest BCUT2D eigenvalue weighted by Gasteiger charge is 2.33. The first-order chi connectivity index (χ1) is 11.9. The molecule has 2 atom stereocenters. The van der Waals surface area contributed by atoms with Crippen LogP contribution >= 0.6 is 0 Å². The molecule has 6 nitrogen and oxygen atoms in total. The van der Waals surface area contributed by atoms with E-state index in [0.29, 0.717) is 12.8 Å². The van der Waals surface area contributed by atoms with Crippen molar-refractivity contribution in [3.63, 3.8) is 0 Å². The second kappa shape index (κ2) is 11.5. The Balaban J connectivity index is 3.69. The van der Waals surface area contributed by atoms with Crippen molar-refractivity contribution in [1.29, 1.82) is 0 Å². The summed E-state index contributed by atoms with van der Waals surface area (Å²) in [5, 5.41) is 37.1. The zero-order valence-corrected chi connectivity index (χ0v) is 16.8. The van der Waals surface area contributed by atoms with E-state index in [4.69, 9.17) is 10.2 Å². The fraction of sp³-hybridized carbons (Fsp3) is 0.900. The molecule has 0 rings (SSSR count). The summed E-state index contributed by atoms with van der Waals surface area (Å²) >= 11 is 0. The molecule has 0 aliphatic carbocycles. The van der Waals surface area contributed by atoms with E-state index in [-0.39, 0.29) is 0 Å². The van der Waals surface area contributed by atoms with Gasteiger partial charge in [0.05, 0.1) is 0 Å². The lowest BCUT2D eigenvalue weighted by molar-refractivity contribution is -0.154. The second-order valence-electron chi connectivity index (χ2n) is 8.79. The molecule has 0 aromatic heterocycles. The van der Waals surface area contributed by atoms with Gasteiger partial charge in [0, 0.05) is 10.8 Å². The predicted octanol–water partition coefficient (Wildman–Crippen LogP) is 3.83. The summed E-state index contributed by atoms with van der Waals surface area (Å²) in [6, 6.07) is 0. The maximum absolute atomic E-state index is 10.8. The molecule has 0 bridgehead atoms. The van der Waals surface area contributed by atoms with Crippen LogP contribution in [0, 0.1) is 10.8 Å². The third kappa shape index (κ3) is 9.53. The van der Waals surface area contributed by atoms with Gasteiger partial charge in [-0.25, -0.2) is 9.59 Å². The summed E-state index contributed by atoms with van der Waals surface area (Å²) in [4.78, 5) is 21.7. The molecule has 0 amide bonds.